The molecule has 138 valence electrons. The van der Waals surface area contributed by atoms with Gasteiger partial charge in [0.05, 0.1) is 36.1 Å². The first-order chi connectivity index (χ1) is 12.5. The Morgan fingerprint density at radius 1 is 1.19 bits per heavy atom. The molecule has 26 heavy (non-hydrogen) atoms. The second-order valence-electron chi connectivity index (χ2n) is 5.43. The summed E-state index contributed by atoms with van der Waals surface area (Å²) >= 11 is 0. The SMILES string of the molecule is CCOc1ccccc1N[C@H](C)C(=O)Nc1ccc([N+](=O)[O-])cc1OC. The van der Waals surface area contributed by atoms with Crippen LogP contribution in [-0.4, -0.2) is 30.6 Å². The Morgan fingerprint density at radius 3 is 2.58 bits per heavy atom. The minimum absolute atomic E-state index is 0.114. The smallest absolute Gasteiger partial charge is 0.273 e. The highest BCUT2D eigenvalue weighted by atomic mass is 16.6. The van der Waals surface area contributed by atoms with Gasteiger partial charge in [0, 0.05) is 6.07 Å². The largest absolute Gasteiger partial charge is 0.494 e. The number of nitrogens with zero attached hydrogens (tertiary/aromatic N) is 1. The lowest BCUT2D eigenvalue weighted by Gasteiger charge is -2.18. The maximum Gasteiger partial charge on any atom is 0.273 e. The molecule has 2 rings (SSSR count). The molecular formula is C18H21N3O5. The van der Waals surface area contributed by atoms with E-state index in [4.69, 9.17) is 9.47 Å². The van der Waals surface area contributed by atoms with Gasteiger partial charge < -0.3 is 20.1 Å². The Labute approximate surface area is 151 Å². The van der Waals surface area contributed by atoms with Crippen LogP contribution in [0.5, 0.6) is 11.5 Å². The molecule has 2 aromatic rings. The van der Waals surface area contributed by atoms with E-state index in [1.165, 1.54) is 25.3 Å². The number of methoxy groups -OCH3 is 1. The lowest BCUT2D eigenvalue weighted by molar-refractivity contribution is -0.384. The summed E-state index contributed by atoms with van der Waals surface area (Å²) < 4.78 is 10.7. The van der Waals surface area contributed by atoms with Gasteiger partial charge in [0.25, 0.3) is 5.69 Å². The van der Waals surface area contributed by atoms with Gasteiger partial charge in [-0.15, -0.1) is 0 Å². The molecule has 0 unspecified atom stereocenters. The molecule has 2 aromatic carbocycles. The summed E-state index contributed by atoms with van der Waals surface area (Å²) in [6.45, 7) is 4.10. The Morgan fingerprint density at radius 2 is 1.92 bits per heavy atom. The topological polar surface area (TPSA) is 103 Å². The van der Waals surface area contributed by atoms with E-state index < -0.39 is 11.0 Å². The highest BCUT2D eigenvalue weighted by Gasteiger charge is 2.18. The van der Waals surface area contributed by atoms with Gasteiger partial charge >= 0.3 is 0 Å². The number of rotatable bonds is 8. The first kappa shape index (κ1) is 19.0. The van der Waals surface area contributed by atoms with E-state index in [1.807, 2.05) is 31.2 Å². The van der Waals surface area contributed by atoms with Crippen molar-refractivity contribution in [2.75, 3.05) is 24.4 Å². The van der Waals surface area contributed by atoms with Crippen molar-refractivity contribution in [3.8, 4) is 11.5 Å². The predicted octanol–water partition coefficient (Wildman–Crippen LogP) is 3.44. The Bertz CT molecular complexity index is 794. The highest BCUT2D eigenvalue weighted by Crippen LogP contribution is 2.29. The molecule has 0 aliphatic heterocycles. The Hall–Kier alpha value is -3.29. The standard InChI is InChI=1S/C18H21N3O5/c1-4-26-16-8-6-5-7-14(16)19-12(2)18(22)20-15-10-9-13(21(23)24)11-17(15)25-3/h5-12,19H,4H2,1-3H3,(H,20,22)/t12-/m1/s1. The summed E-state index contributed by atoms with van der Waals surface area (Å²) in [5.74, 6) is 0.556. The van der Waals surface area contributed by atoms with Crippen LogP contribution < -0.4 is 20.1 Å². The van der Waals surface area contributed by atoms with Crippen LogP contribution in [0.25, 0.3) is 0 Å². The van der Waals surface area contributed by atoms with E-state index in [-0.39, 0.29) is 17.3 Å². The molecule has 0 heterocycles. The zero-order valence-electron chi connectivity index (χ0n) is 14.8. The zero-order valence-corrected chi connectivity index (χ0v) is 14.8. The minimum atomic E-state index is -0.573. The summed E-state index contributed by atoms with van der Waals surface area (Å²) in [4.78, 5) is 22.8. The molecule has 2 N–H and O–H groups in total. The number of non-ortho nitro benzene ring substituents is 1. The number of nitrogens with one attached hydrogen (secondary N) is 2. The predicted molar refractivity (Wildman–Crippen MR) is 99.0 cm³/mol. The molecule has 0 radical (unpaired) electrons. The summed E-state index contributed by atoms with van der Waals surface area (Å²) in [5.41, 5.74) is 0.944. The average molecular weight is 359 g/mol. The molecule has 0 aromatic heterocycles. The highest BCUT2D eigenvalue weighted by molar-refractivity contribution is 5.97. The summed E-state index contributed by atoms with van der Waals surface area (Å²) in [6, 6.07) is 10.8. The van der Waals surface area contributed by atoms with Gasteiger partial charge in [0.15, 0.2) is 0 Å². The van der Waals surface area contributed by atoms with Crippen molar-refractivity contribution in [3.05, 3.63) is 52.6 Å². The van der Waals surface area contributed by atoms with Gasteiger partial charge in [-0.05, 0) is 32.0 Å². The van der Waals surface area contributed by atoms with Crippen LogP contribution in [0.15, 0.2) is 42.5 Å². The number of amides is 1. The molecule has 8 heteroatoms. The third-order valence-corrected chi connectivity index (χ3v) is 3.61. The summed E-state index contributed by atoms with van der Waals surface area (Å²) in [5, 5.41) is 16.6. The lowest BCUT2D eigenvalue weighted by atomic mass is 10.2. The van der Waals surface area contributed by atoms with Crippen molar-refractivity contribution < 1.29 is 19.2 Å². The monoisotopic (exact) mass is 359 g/mol. The maximum atomic E-state index is 12.5. The van der Waals surface area contributed by atoms with Crippen LogP contribution in [0, 0.1) is 10.1 Å². The third-order valence-electron chi connectivity index (χ3n) is 3.61. The number of para-hydroxylation sites is 2. The summed E-state index contributed by atoms with van der Waals surface area (Å²) in [7, 11) is 1.38. The average Bonchev–Trinajstić information content (AvgIpc) is 2.63. The van der Waals surface area contributed by atoms with E-state index in [0.717, 1.165) is 0 Å². The van der Waals surface area contributed by atoms with E-state index in [2.05, 4.69) is 10.6 Å². The molecule has 0 aliphatic carbocycles. The second kappa shape index (κ2) is 8.70. The van der Waals surface area contributed by atoms with Crippen molar-refractivity contribution in [1.29, 1.82) is 0 Å². The number of benzene rings is 2. The fourth-order valence-corrected chi connectivity index (χ4v) is 2.30. The molecule has 8 nitrogen and oxygen atoms in total. The van der Waals surface area contributed by atoms with E-state index in [0.29, 0.717) is 23.7 Å². The van der Waals surface area contributed by atoms with E-state index in [9.17, 15) is 14.9 Å². The van der Waals surface area contributed by atoms with Gasteiger partial charge in [-0.25, -0.2) is 0 Å². The first-order valence-corrected chi connectivity index (χ1v) is 8.08. The third kappa shape index (κ3) is 4.62. The number of carbonyl (C=O) groups is 1. The van der Waals surface area contributed by atoms with Crippen LogP contribution in [0.1, 0.15) is 13.8 Å². The molecule has 0 bridgehead atoms. The van der Waals surface area contributed by atoms with Crippen molar-refractivity contribution in [3.63, 3.8) is 0 Å². The maximum absolute atomic E-state index is 12.5. The number of hydrogen-bond acceptors (Lipinski definition) is 6. The van der Waals surface area contributed by atoms with Crippen molar-refractivity contribution in [2.45, 2.75) is 19.9 Å². The molecular weight excluding hydrogens is 338 g/mol. The van der Waals surface area contributed by atoms with E-state index >= 15 is 0 Å². The molecule has 0 saturated carbocycles. The first-order valence-electron chi connectivity index (χ1n) is 8.08. The number of hydrogen-bond donors (Lipinski definition) is 2. The van der Waals surface area contributed by atoms with Crippen LogP contribution in [0.4, 0.5) is 17.1 Å². The number of ether oxygens (including phenoxy) is 2. The van der Waals surface area contributed by atoms with Crippen LogP contribution in [0.3, 0.4) is 0 Å². The number of carbonyl (C=O) groups excluding carboxylic acids is 1. The quantitative estimate of drug-likeness (QED) is 0.553. The normalized spacial score (nSPS) is 11.3. The van der Waals surface area contributed by atoms with Crippen molar-refractivity contribution in [2.24, 2.45) is 0 Å². The molecule has 0 aliphatic rings. The van der Waals surface area contributed by atoms with Gasteiger partial charge in [0.2, 0.25) is 5.91 Å². The number of nitro benzene ring substituents is 1. The van der Waals surface area contributed by atoms with Crippen LogP contribution in [-0.2, 0) is 4.79 Å². The Kier molecular flexibility index (Phi) is 6.37. The van der Waals surface area contributed by atoms with Gasteiger partial charge in [-0.2, -0.15) is 0 Å². The minimum Gasteiger partial charge on any atom is -0.494 e. The van der Waals surface area contributed by atoms with Gasteiger partial charge in [-0.3, -0.25) is 14.9 Å². The molecule has 1 atom stereocenters. The molecule has 0 spiro atoms. The summed E-state index contributed by atoms with van der Waals surface area (Å²) in [6.07, 6.45) is 0. The zero-order chi connectivity index (χ0) is 19.1. The Balaban J connectivity index is 2.11. The van der Waals surface area contributed by atoms with Crippen molar-refractivity contribution >= 4 is 23.0 Å². The number of anilines is 2. The van der Waals surface area contributed by atoms with Crippen molar-refractivity contribution in [1.82, 2.24) is 0 Å². The molecule has 0 saturated heterocycles. The van der Waals surface area contributed by atoms with Gasteiger partial charge in [0.1, 0.15) is 17.5 Å². The number of nitro groups is 1. The van der Waals surface area contributed by atoms with Gasteiger partial charge in [-0.1, -0.05) is 12.1 Å². The second-order valence-corrected chi connectivity index (χ2v) is 5.43. The lowest BCUT2D eigenvalue weighted by Crippen LogP contribution is -2.32. The molecule has 0 fully saturated rings. The fraction of sp³-hybridized carbons (Fsp3) is 0.278. The fourth-order valence-electron chi connectivity index (χ4n) is 2.30. The van der Waals surface area contributed by atoms with E-state index in [1.54, 1.807) is 6.92 Å². The van der Waals surface area contributed by atoms with Crippen LogP contribution in [0.2, 0.25) is 0 Å². The molecule has 1 amide bonds. The van der Waals surface area contributed by atoms with Crippen LogP contribution >= 0.6 is 0 Å².